The van der Waals surface area contributed by atoms with E-state index in [1.165, 1.54) is 58.2 Å². The van der Waals surface area contributed by atoms with Crippen molar-refractivity contribution in [2.45, 2.75) is 64.0 Å². The normalized spacial score (nSPS) is 34.5. The molecule has 116 valence electrons. The van der Waals surface area contributed by atoms with E-state index in [1.54, 1.807) is 0 Å². The van der Waals surface area contributed by atoms with Crippen LogP contribution in [-0.4, -0.2) is 48.3 Å². The number of nitrogens with one attached hydrogen (secondary N) is 1. The van der Waals surface area contributed by atoms with Crippen LogP contribution in [0.15, 0.2) is 0 Å². The lowest BCUT2D eigenvalue weighted by Crippen LogP contribution is -2.53. The van der Waals surface area contributed by atoms with E-state index in [4.69, 9.17) is 0 Å². The Morgan fingerprint density at radius 1 is 1.10 bits per heavy atom. The molecule has 3 nitrogen and oxygen atoms in total. The fraction of sp³-hybridized carbons (Fsp3) is 1.00. The first-order valence-corrected chi connectivity index (χ1v) is 8.84. The van der Waals surface area contributed by atoms with Crippen LogP contribution in [0.4, 0.5) is 0 Å². The molecular weight excluding hydrogens is 248 g/mol. The van der Waals surface area contributed by atoms with Gasteiger partial charge in [0, 0.05) is 25.7 Å². The van der Waals surface area contributed by atoms with E-state index in [2.05, 4.69) is 10.2 Å². The lowest BCUT2D eigenvalue weighted by atomic mass is 9.82. The molecule has 0 aromatic heterocycles. The molecule has 3 heteroatoms. The maximum atomic E-state index is 10.00. The van der Waals surface area contributed by atoms with Gasteiger partial charge in [-0.05, 0) is 63.3 Å². The van der Waals surface area contributed by atoms with Crippen molar-refractivity contribution in [3.8, 4) is 0 Å². The summed E-state index contributed by atoms with van der Waals surface area (Å²) in [5.41, 5.74) is 0. The van der Waals surface area contributed by atoms with Gasteiger partial charge in [-0.2, -0.15) is 0 Å². The molecule has 20 heavy (non-hydrogen) atoms. The summed E-state index contributed by atoms with van der Waals surface area (Å²) >= 11 is 0. The molecule has 3 aliphatic rings. The van der Waals surface area contributed by atoms with Gasteiger partial charge in [-0.25, -0.2) is 0 Å². The van der Waals surface area contributed by atoms with Crippen molar-refractivity contribution in [2.24, 2.45) is 17.8 Å². The van der Waals surface area contributed by atoms with Crippen LogP contribution in [0.3, 0.4) is 0 Å². The fourth-order valence-electron chi connectivity index (χ4n) is 3.95. The molecule has 3 unspecified atom stereocenters. The Kier molecular flexibility index (Phi) is 5.00. The Labute approximate surface area is 124 Å². The van der Waals surface area contributed by atoms with Crippen LogP contribution in [0.1, 0.15) is 51.9 Å². The molecule has 2 aliphatic carbocycles. The highest BCUT2D eigenvalue weighted by Gasteiger charge is 2.32. The standard InChI is InChI=1S/C17H32N2O/c1-13(20)16-8-17(18-9-14-4-2-5-14)12-19(11-16)10-15-6-3-7-15/h13-18,20H,2-12H2,1H3. The van der Waals surface area contributed by atoms with E-state index < -0.39 is 0 Å². The van der Waals surface area contributed by atoms with Crippen molar-refractivity contribution >= 4 is 0 Å². The number of hydrogen-bond acceptors (Lipinski definition) is 3. The van der Waals surface area contributed by atoms with Gasteiger partial charge in [0.15, 0.2) is 0 Å². The second kappa shape index (κ2) is 6.76. The Morgan fingerprint density at radius 2 is 1.80 bits per heavy atom. The molecule has 3 fully saturated rings. The molecule has 0 aromatic rings. The molecule has 1 heterocycles. The van der Waals surface area contributed by atoms with Crippen molar-refractivity contribution in [1.82, 2.24) is 10.2 Å². The summed E-state index contributed by atoms with van der Waals surface area (Å²) < 4.78 is 0. The zero-order valence-corrected chi connectivity index (χ0v) is 13.1. The Morgan fingerprint density at radius 3 is 2.35 bits per heavy atom. The molecule has 2 saturated carbocycles. The van der Waals surface area contributed by atoms with Crippen molar-refractivity contribution < 1.29 is 5.11 Å². The number of rotatable bonds is 6. The zero-order valence-electron chi connectivity index (χ0n) is 13.1. The number of aliphatic hydroxyl groups excluding tert-OH is 1. The molecule has 0 amide bonds. The van der Waals surface area contributed by atoms with Crippen LogP contribution in [0, 0.1) is 17.8 Å². The second-order valence-electron chi connectivity index (χ2n) is 7.65. The maximum Gasteiger partial charge on any atom is 0.0553 e. The molecule has 0 aromatic carbocycles. The third-order valence-electron chi connectivity index (χ3n) is 5.90. The van der Waals surface area contributed by atoms with Gasteiger partial charge >= 0.3 is 0 Å². The Bertz CT molecular complexity index is 299. The van der Waals surface area contributed by atoms with E-state index >= 15 is 0 Å². The summed E-state index contributed by atoms with van der Waals surface area (Å²) in [6, 6.07) is 0.601. The summed E-state index contributed by atoms with van der Waals surface area (Å²) in [4.78, 5) is 2.63. The topological polar surface area (TPSA) is 35.5 Å². The van der Waals surface area contributed by atoms with Crippen LogP contribution in [-0.2, 0) is 0 Å². The summed E-state index contributed by atoms with van der Waals surface area (Å²) in [6.07, 6.45) is 9.56. The van der Waals surface area contributed by atoms with Crippen LogP contribution in [0.25, 0.3) is 0 Å². The lowest BCUT2D eigenvalue weighted by Gasteiger charge is -2.42. The van der Waals surface area contributed by atoms with Crippen molar-refractivity contribution in [3.05, 3.63) is 0 Å². The summed E-state index contributed by atoms with van der Waals surface area (Å²) in [5, 5.41) is 13.8. The van der Waals surface area contributed by atoms with Gasteiger partial charge in [0.25, 0.3) is 0 Å². The average Bonchev–Trinajstić information content (AvgIpc) is 2.32. The monoisotopic (exact) mass is 280 g/mol. The first kappa shape index (κ1) is 14.8. The highest BCUT2D eigenvalue weighted by molar-refractivity contribution is 4.88. The third kappa shape index (κ3) is 3.75. The van der Waals surface area contributed by atoms with Gasteiger partial charge in [-0.1, -0.05) is 12.8 Å². The Hall–Kier alpha value is -0.120. The molecule has 3 rings (SSSR count). The first-order valence-electron chi connectivity index (χ1n) is 8.84. The minimum Gasteiger partial charge on any atom is -0.393 e. The van der Waals surface area contributed by atoms with Crippen LogP contribution in [0.5, 0.6) is 0 Å². The zero-order chi connectivity index (χ0) is 13.9. The predicted molar refractivity (Wildman–Crippen MR) is 82.7 cm³/mol. The summed E-state index contributed by atoms with van der Waals surface area (Å²) in [6.45, 7) is 6.75. The van der Waals surface area contributed by atoms with E-state index in [-0.39, 0.29) is 6.10 Å². The van der Waals surface area contributed by atoms with Gasteiger partial charge in [0.1, 0.15) is 0 Å². The summed E-state index contributed by atoms with van der Waals surface area (Å²) in [5.74, 6) is 2.33. The number of likely N-dealkylation sites (tertiary alicyclic amines) is 1. The number of nitrogens with zero attached hydrogens (tertiary/aromatic N) is 1. The van der Waals surface area contributed by atoms with E-state index in [0.29, 0.717) is 12.0 Å². The number of piperidine rings is 1. The average molecular weight is 280 g/mol. The first-order chi connectivity index (χ1) is 9.70. The smallest absolute Gasteiger partial charge is 0.0553 e. The quantitative estimate of drug-likeness (QED) is 0.783. The Balaban J connectivity index is 1.48. The third-order valence-corrected chi connectivity index (χ3v) is 5.90. The molecule has 0 radical (unpaired) electrons. The number of aliphatic hydroxyl groups is 1. The largest absolute Gasteiger partial charge is 0.393 e. The fourth-order valence-corrected chi connectivity index (χ4v) is 3.95. The molecule has 1 saturated heterocycles. The van der Waals surface area contributed by atoms with E-state index in [0.717, 1.165) is 24.8 Å². The van der Waals surface area contributed by atoms with Crippen molar-refractivity contribution in [1.29, 1.82) is 0 Å². The van der Waals surface area contributed by atoms with Gasteiger partial charge < -0.3 is 15.3 Å². The molecule has 1 aliphatic heterocycles. The van der Waals surface area contributed by atoms with Crippen LogP contribution >= 0.6 is 0 Å². The minimum absolute atomic E-state index is 0.160. The summed E-state index contributed by atoms with van der Waals surface area (Å²) in [7, 11) is 0. The highest BCUT2D eigenvalue weighted by atomic mass is 16.3. The van der Waals surface area contributed by atoms with Gasteiger partial charge in [0.05, 0.1) is 6.10 Å². The maximum absolute atomic E-state index is 10.00. The van der Waals surface area contributed by atoms with Crippen molar-refractivity contribution in [3.63, 3.8) is 0 Å². The van der Waals surface area contributed by atoms with Gasteiger partial charge in [-0.3, -0.25) is 0 Å². The SMILES string of the molecule is CC(O)C1CC(NCC2CCC2)CN(CC2CCC2)C1. The second-order valence-corrected chi connectivity index (χ2v) is 7.65. The lowest BCUT2D eigenvalue weighted by molar-refractivity contribution is 0.0338. The highest BCUT2D eigenvalue weighted by Crippen LogP contribution is 2.30. The van der Waals surface area contributed by atoms with Crippen LogP contribution in [0.2, 0.25) is 0 Å². The number of hydrogen-bond donors (Lipinski definition) is 2. The molecule has 3 atom stereocenters. The molecular formula is C17H32N2O. The van der Waals surface area contributed by atoms with Crippen LogP contribution < -0.4 is 5.32 Å². The van der Waals surface area contributed by atoms with E-state index in [9.17, 15) is 5.11 Å². The van der Waals surface area contributed by atoms with Crippen molar-refractivity contribution in [2.75, 3.05) is 26.2 Å². The molecule has 0 spiro atoms. The molecule has 2 N–H and O–H groups in total. The van der Waals surface area contributed by atoms with E-state index in [1.807, 2.05) is 6.92 Å². The minimum atomic E-state index is -0.160. The van der Waals surface area contributed by atoms with Gasteiger partial charge in [-0.15, -0.1) is 0 Å². The van der Waals surface area contributed by atoms with Gasteiger partial charge in [0.2, 0.25) is 0 Å². The molecule has 0 bridgehead atoms. The predicted octanol–water partition coefficient (Wildman–Crippen LogP) is 2.25.